The molecule has 0 saturated carbocycles. The Morgan fingerprint density at radius 3 is 2.58 bits per heavy atom. The second-order valence-corrected chi connectivity index (χ2v) is 4.82. The number of benzene rings is 2. The summed E-state index contributed by atoms with van der Waals surface area (Å²) in [6.45, 7) is 0. The molecule has 2 N–H and O–H groups in total. The molecule has 0 saturated heterocycles. The van der Waals surface area contributed by atoms with Crippen LogP contribution in [0, 0.1) is 5.82 Å². The molecular formula is C14H11BrFNO2. The fourth-order valence-electron chi connectivity index (χ4n) is 1.68. The molecule has 0 heterocycles. The second-order valence-electron chi connectivity index (χ2n) is 3.91. The molecule has 98 valence electrons. The Labute approximate surface area is 118 Å². The van der Waals surface area contributed by atoms with Gasteiger partial charge in [0.25, 0.3) is 0 Å². The summed E-state index contributed by atoms with van der Waals surface area (Å²) < 4.78 is 19.5. The van der Waals surface area contributed by atoms with E-state index in [0.717, 1.165) is 0 Å². The number of nitrogens with two attached hydrogens (primary N) is 1. The van der Waals surface area contributed by atoms with Crippen LogP contribution >= 0.6 is 15.9 Å². The van der Waals surface area contributed by atoms with Crippen molar-refractivity contribution in [3.05, 3.63) is 57.8 Å². The predicted octanol–water partition coefficient (Wildman–Crippen LogP) is 3.41. The summed E-state index contributed by atoms with van der Waals surface area (Å²) in [5, 5.41) is 0. The molecule has 0 atom stereocenters. The Kier molecular flexibility index (Phi) is 3.85. The van der Waals surface area contributed by atoms with Gasteiger partial charge in [0.05, 0.1) is 12.7 Å². The number of hydrogen-bond donors (Lipinski definition) is 1. The lowest BCUT2D eigenvalue weighted by Gasteiger charge is -2.07. The van der Waals surface area contributed by atoms with Crippen LogP contribution in [0.2, 0.25) is 0 Å². The zero-order chi connectivity index (χ0) is 14.0. The SMILES string of the molecule is COc1ccc(C(=O)c2cc(Br)ccc2N)c(F)c1. The minimum atomic E-state index is -0.635. The molecule has 0 aliphatic rings. The van der Waals surface area contributed by atoms with E-state index in [4.69, 9.17) is 10.5 Å². The number of rotatable bonds is 3. The van der Waals surface area contributed by atoms with Crippen LogP contribution < -0.4 is 10.5 Å². The van der Waals surface area contributed by atoms with Crippen LogP contribution in [0.3, 0.4) is 0 Å². The summed E-state index contributed by atoms with van der Waals surface area (Å²) in [4.78, 5) is 12.3. The minimum Gasteiger partial charge on any atom is -0.497 e. The standard InChI is InChI=1S/C14H11BrFNO2/c1-19-9-3-4-10(12(16)7-9)14(18)11-6-8(15)2-5-13(11)17/h2-7H,17H2,1H3. The lowest BCUT2D eigenvalue weighted by Crippen LogP contribution is -2.07. The van der Waals surface area contributed by atoms with Gasteiger partial charge in [0.1, 0.15) is 11.6 Å². The molecule has 0 spiro atoms. The van der Waals surface area contributed by atoms with Crippen LogP contribution in [0.1, 0.15) is 15.9 Å². The first-order valence-electron chi connectivity index (χ1n) is 5.46. The van der Waals surface area contributed by atoms with E-state index in [1.54, 1.807) is 18.2 Å². The van der Waals surface area contributed by atoms with Gasteiger partial charge in [0.15, 0.2) is 5.78 Å². The van der Waals surface area contributed by atoms with E-state index >= 15 is 0 Å². The van der Waals surface area contributed by atoms with Gasteiger partial charge >= 0.3 is 0 Å². The molecule has 2 aromatic carbocycles. The first kappa shape index (κ1) is 13.5. The third kappa shape index (κ3) is 2.76. The van der Waals surface area contributed by atoms with Crippen LogP contribution in [0.5, 0.6) is 5.75 Å². The maximum absolute atomic E-state index is 13.9. The van der Waals surface area contributed by atoms with E-state index in [0.29, 0.717) is 15.9 Å². The first-order valence-corrected chi connectivity index (χ1v) is 6.25. The highest BCUT2D eigenvalue weighted by molar-refractivity contribution is 9.10. The molecule has 5 heteroatoms. The first-order chi connectivity index (χ1) is 9.02. The minimum absolute atomic E-state index is 0.0365. The van der Waals surface area contributed by atoms with Gasteiger partial charge in [-0.15, -0.1) is 0 Å². The summed E-state index contributed by atoms with van der Waals surface area (Å²) in [7, 11) is 1.43. The number of methoxy groups -OCH3 is 1. The monoisotopic (exact) mass is 323 g/mol. The molecule has 3 nitrogen and oxygen atoms in total. The van der Waals surface area contributed by atoms with Gasteiger partial charge in [0.2, 0.25) is 0 Å². The average Bonchev–Trinajstić information content (AvgIpc) is 2.40. The molecule has 0 aliphatic carbocycles. The van der Waals surface area contributed by atoms with Gasteiger partial charge in [-0.1, -0.05) is 15.9 Å². The molecule has 2 aromatic rings. The van der Waals surface area contributed by atoms with E-state index in [1.165, 1.54) is 25.3 Å². The zero-order valence-corrected chi connectivity index (χ0v) is 11.7. The third-order valence-electron chi connectivity index (χ3n) is 2.68. The highest BCUT2D eigenvalue weighted by Gasteiger charge is 2.17. The van der Waals surface area contributed by atoms with Crippen LogP contribution in [0.15, 0.2) is 40.9 Å². The third-order valence-corrected chi connectivity index (χ3v) is 3.17. The Morgan fingerprint density at radius 2 is 1.95 bits per heavy atom. The normalized spacial score (nSPS) is 10.3. The second kappa shape index (κ2) is 5.40. The van der Waals surface area contributed by atoms with Crippen molar-refractivity contribution in [2.24, 2.45) is 0 Å². The Hall–Kier alpha value is -1.88. The molecule has 0 unspecified atom stereocenters. The predicted molar refractivity (Wildman–Crippen MR) is 74.9 cm³/mol. The maximum atomic E-state index is 13.9. The summed E-state index contributed by atoms with van der Waals surface area (Å²) in [6.07, 6.45) is 0. The lowest BCUT2D eigenvalue weighted by molar-refractivity contribution is 0.103. The molecule has 0 aromatic heterocycles. The highest BCUT2D eigenvalue weighted by Crippen LogP contribution is 2.24. The number of halogens is 2. The number of ether oxygens (including phenoxy) is 1. The summed E-state index contributed by atoms with van der Waals surface area (Å²) in [5.74, 6) is -0.737. The van der Waals surface area contributed by atoms with Crippen molar-refractivity contribution in [1.82, 2.24) is 0 Å². The number of anilines is 1. The van der Waals surface area contributed by atoms with Gasteiger partial charge in [-0.25, -0.2) is 4.39 Å². The van der Waals surface area contributed by atoms with Crippen molar-refractivity contribution in [3.8, 4) is 5.75 Å². The fraction of sp³-hybridized carbons (Fsp3) is 0.0714. The van der Waals surface area contributed by atoms with Crippen LogP contribution in [0.25, 0.3) is 0 Å². The number of hydrogen-bond acceptors (Lipinski definition) is 3. The summed E-state index contributed by atoms with van der Waals surface area (Å²) in [5.41, 5.74) is 6.28. The number of ketones is 1. The van der Waals surface area contributed by atoms with Gasteiger partial charge in [-0.3, -0.25) is 4.79 Å². The van der Waals surface area contributed by atoms with Crippen LogP contribution in [-0.2, 0) is 0 Å². The Morgan fingerprint density at radius 1 is 1.21 bits per heavy atom. The fourth-order valence-corrected chi connectivity index (χ4v) is 2.04. The molecule has 0 bridgehead atoms. The molecular weight excluding hydrogens is 313 g/mol. The summed E-state index contributed by atoms with van der Waals surface area (Å²) >= 11 is 3.26. The van der Waals surface area contributed by atoms with E-state index in [9.17, 15) is 9.18 Å². The van der Waals surface area contributed by atoms with Crippen molar-refractivity contribution in [2.45, 2.75) is 0 Å². The molecule has 19 heavy (non-hydrogen) atoms. The molecule has 0 aliphatic heterocycles. The topological polar surface area (TPSA) is 52.3 Å². The van der Waals surface area contributed by atoms with Crippen LogP contribution in [-0.4, -0.2) is 12.9 Å². The van der Waals surface area contributed by atoms with Crippen molar-refractivity contribution in [2.75, 3.05) is 12.8 Å². The molecule has 2 rings (SSSR count). The Bertz CT molecular complexity index is 643. The Balaban J connectivity index is 2.47. The van der Waals surface area contributed by atoms with Crippen molar-refractivity contribution in [3.63, 3.8) is 0 Å². The largest absolute Gasteiger partial charge is 0.497 e. The molecule has 0 radical (unpaired) electrons. The van der Waals surface area contributed by atoms with E-state index < -0.39 is 11.6 Å². The molecule has 0 amide bonds. The van der Waals surface area contributed by atoms with E-state index in [2.05, 4.69) is 15.9 Å². The average molecular weight is 324 g/mol. The van der Waals surface area contributed by atoms with Crippen LogP contribution in [0.4, 0.5) is 10.1 Å². The number of carbonyl (C=O) groups excluding carboxylic acids is 1. The van der Waals surface area contributed by atoms with E-state index in [1.807, 2.05) is 0 Å². The smallest absolute Gasteiger partial charge is 0.198 e. The summed E-state index contributed by atoms with van der Waals surface area (Å²) in [6, 6.07) is 8.97. The highest BCUT2D eigenvalue weighted by atomic mass is 79.9. The van der Waals surface area contributed by atoms with Gasteiger partial charge in [0, 0.05) is 21.8 Å². The molecule has 0 fully saturated rings. The van der Waals surface area contributed by atoms with Gasteiger partial charge in [-0.2, -0.15) is 0 Å². The number of carbonyl (C=O) groups is 1. The van der Waals surface area contributed by atoms with E-state index in [-0.39, 0.29) is 11.1 Å². The van der Waals surface area contributed by atoms with Crippen molar-refractivity contribution >= 4 is 27.4 Å². The van der Waals surface area contributed by atoms with Crippen molar-refractivity contribution < 1.29 is 13.9 Å². The van der Waals surface area contributed by atoms with Gasteiger partial charge in [-0.05, 0) is 30.3 Å². The maximum Gasteiger partial charge on any atom is 0.198 e. The quantitative estimate of drug-likeness (QED) is 0.695. The lowest BCUT2D eigenvalue weighted by atomic mass is 10.0. The van der Waals surface area contributed by atoms with Crippen molar-refractivity contribution in [1.29, 1.82) is 0 Å². The van der Waals surface area contributed by atoms with Gasteiger partial charge < -0.3 is 10.5 Å². The zero-order valence-electron chi connectivity index (χ0n) is 10.1. The number of nitrogen functional groups attached to an aromatic ring is 1.